The Bertz CT molecular complexity index is 996. The Morgan fingerprint density at radius 3 is 1.37 bits per heavy atom. The molecule has 0 aliphatic rings. The van der Waals surface area contributed by atoms with Crippen LogP contribution in [-0.2, 0) is 12.7 Å². The third kappa shape index (κ3) is 5.17. The first-order valence-corrected chi connectivity index (χ1v) is 10.9. The van der Waals surface area contributed by atoms with E-state index in [1.54, 1.807) is 12.4 Å². The Labute approximate surface area is 172 Å². The summed E-state index contributed by atoms with van der Waals surface area (Å²) in [7, 11) is 9.40. The van der Waals surface area contributed by atoms with Crippen LogP contribution in [0.4, 0.5) is 11.4 Å². The first-order chi connectivity index (χ1) is 13.3. The number of halogens is 2. The van der Waals surface area contributed by atoms with Gasteiger partial charge in [-0.1, -0.05) is 72.8 Å². The van der Waals surface area contributed by atoms with Crippen molar-refractivity contribution in [1.29, 1.82) is 0 Å². The zero-order chi connectivity index (χ0) is 18.9. The van der Waals surface area contributed by atoms with Gasteiger partial charge in [0.1, 0.15) is 0 Å². The van der Waals surface area contributed by atoms with E-state index in [1.807, 2.05) is 48.5 Å². The van der Waals surface area contributed by atoms with Crippen LogP contribution in [0.5, 0.6) is 0 Å². The van der Waals surface area contributed by atoms with Crippen LogP contribution in [0.25, 0.3) is 21.5 Å². The molecular formula is C22H16Cl2N2Ni. The van der Waals surface area contributed by atoms with Gasteiger partial charge in [-0.25, -0.2) is 0 Å². The maximum absolute atomic E-state index is 4.70. The minimum atomic E-state index is 0.569. The number of hydrogen-bond donors (Lipinski definition) is 0. The van der Waals surface area contributed by atoms with Crippen LogP contribution in [0.15, 0.2) is 94.9 Å². The SMILES string of the molecule is C(C=Nc1cccc2ccccc12)=Nc1cccc2ccccc12.[Cl][Ni][Cl]. The molecule has 4 aromatic rings. The van der Waals surface area contributed by atoms with Gasteiger partial charge >= 0.3 is 33.0 Å². The molecule has 0 heterocycles. The van der Waals surface area contributed by atoms with Crippen molar-refractivity contribution in [3.05, 3.63) is 84.9 Å². The average Bonchev–Trinajstić information content (AvgIpc) is 2.72. The first kappa shape index (κ1) is 19.6. The Balaban J connectivity index is 0.000000659. The predicted molar refractivity (Wildman–Crippen MR) is 116 cm³/mol. The molecule has 0 saturated heterocycles. The quantitative estimate of drug-likeness (QED) is 0.234. The summed E-state index contributed by atoms with van der Waals surface area (Å²) in [5.41, 5.74) is 1.91. The zero-order valence-corrected chi connectivity index (χ0v) is 16.7. The predicted octanol–water partition coefficient (Wildman–Crippen LogP) is 7.47. The van der Waals surface area contributed by atoms with Gasteiger partial charge in [0.05, 0.1) is 11.4 Å². The van der Waals surface area contributed by atoms with Crippen molar-refractivity contribution in [2.45, 2.75) is 0 Å². The molecule has 0 spiro atoms. The summed E-state index contributed by atoms with van der Waals surface area (Å²) in [4.78, 5) is 9.11. The van der Waals surface area contributed by atoms with Crippen molar-refractivity contribution < 1.29 is 12.7 Å². The molecule has 0 radical (unpaired) electrons. The number of benzene rings is 4. The van der Waals surface area contributed by atoms with Crippen molar-refractivity contribution in [2.24, 2.45) is 9.98 Å². The molecule has 0 N–H and O–H groups in total. The van der Waals surface area contributed by atoms with E-state index in [1.165, 1.54) is 10.8 Å². The van der Waals surface area contributed by atoms with Gasteiger partial charge in [-0.2, -0.15) is 0 Å². The molecule has 0 atom stereocenters. The monoisotopic (exact) mass is 436 g/mol. The molecule has 0 aliphatic heterocycles. The van der Waals surface area contributed by atoms with Gasteiger partial charge in [-0.15, -0.1) is 0 Å². The Hall–Kier alpha value is -2.19. The van der Waals surface area contributed by atoms with E-state index in [0.29, 0.717) is 12.7 Å². The number of hydrogen-bond acceptors (Lipinski definition) is 2. The summed E-state index contributed by atoms with van der Waals surface area (Å²) in [6, 6.07) is 28.8. The molecule has 0 fully saturated rings. The molecule has 5 heteroatoms. The summed E-state index contributed by atoms with van der Waals surface area (Å²) >= 11 is 0.569. The van der Waals surface area contributed by atoms with Crippen LogP contribution in [0, 0.1) is 0 Å². The molecule has 0 saturated carbocycles. The third-order valence-corrected chi connectivity index (χ3v) is 4.03. The normalized spacial score (nSPS) is 11.3. The summed E-state index contributed by atoms with van der Waals surface area (Å²) in [5, 5.41) is 4.68. The van der Waals surface area contributed by atoms with Crippen LogP contribution in [0.2, 0.25) is 0 Å². The van der Waals surface area contributed by atoms with Crippen LogP contribution in [-0.4, -0.2) is 12.4 Å². The molecule has 27 heavy (non-hydrogen) atoms. The van der Waals surface area contributed by atoms with Crippen molar-refractivity contribution in [3.8, 4) is 0 Å². The standard InChI is InChI=1S/C22H16N2.2ClH.Ni/c1-3-11-19-17(7-1)9-5-13-21(19)23-15-16-24-22-14-6-10-18-8-2-4-12-20(18)22;;;/h1-16H;2*1H;/q;;;+2/p-2. The van der Waals surface area contributed by atoms with E-state index in [9.17, 15) is 0 Å². The minimum absolute atomic E-state index is 0.569. The second-order valence-electron chi connectivity index (χ2n) is 5.60. The fourth-order valence-electron chi connectivity index (χ4n) is 2.87. The van der Waals surface area contributed by atoms with E-state index < -0.39 is 0 Å². The fourth-order valence-corrected chi connectivity index (χ4v) is 2.87. The topological polar surface area (TPSA) is 24.7 Å². The van der Waals surface area contributed by atoms with E-state index in [4.69, 9.17) is 20.4 Å². The van der Waals surface area contributed by atoms with E-state index in [-0.39, 0.29) is 0 Å². The second kappa shape index (κ2) is 10.2. The van der Waals surface area contributed by atoms with E-state index in [2.05, 4.69) is 46.4 Å². The van der Waals surface area contributed by atoms with Gasteiger partial charge in [-0.05, 0) is 22.9 Å². The summed E-state index contributed by atoms with van der Waals surface area (Å²) < 4.78 is 0. The van der Waals surface area contributed by atoms with Crippen molar-refractivity contribution in [2.75, 3.05) is 0 Å². The molecule has 2 nitrogen and oxygen atoms in total. The molecule has 138 valence electrons. The number of fused-ring (bicyclic) bond motifs is 2. The first-order valence-electron chi connectivity index (χ1n) is 8.18. The zero-order valence-electron chi connectivity index (χ0n) is 14.2. The number of nitrogens with zero attached hydrogens (tertiary/aromatic N) is 2. The van der Waals surface area contributed by atoms with Crippen molar-refractivity contribution >= 4 is 65.7 Å². The van der Waals surface area contributed by atoms with Gasteiger partial charge in [0, 0.05) is 23.2 Å². The van der Waals surface area contributed by atoms with Crippen molar-refractivity contribution in [1.82, 2.24) is 0 Å². The number of aliphatic imine (C=N–C) groups is 2. The molecule has 0 unspecified atom stereocenters. The molecular weight excluding hydrogens is 422 g/mol. The van der Waals surface area contributed by atoms with Crippen LogP contribution in [0.1, 0.15) is 0 Å². The number of rotatable bonds is 3. The summed E-state index contributed by atoms with van der Waals surface area (Å²) in [6.07, 6.45) is 3.51. The molecule has 0 amide bonds. The van der Waals surface area contributed by atoms with Crippen LogP contribution in [0.3, 0.4) is 0 Å². The van der Waals surface area contributed by atoms with Crippen molar-refractivity contribution in [3.63, 3.8) is 0 Å². The van der Waals surface area contributed by atoms with E-state index in [0.717, 1.165) is 22.1 Å². The van der Waals surface area contributed by atoms with Gasteiger partial charge in [0.2, 0.25) is 0 Å². The van der Waals surface area contributed by atoms with Crippen LogP contribution < -0.4 is 0 Å². The van der Waals surface area contributed by atoms with E-state index >= 15 is 0 Å². The third-order valence-electron chi connectivity index (χ3n) is 4.03. The molecule has 0 aromatic heterocycles. The Morgan fingerprint density at radius 2 is 0.926 bits per heavy atom. The van der Waals surface area contributed by atoms with Gasteiger partial charge in [0.15, 0.2) is 0 Å². The second-order valence-corrected chi connectivity index (χ2v) is 7.23. The molecule has 0 bridgehead atoms. The van der Waals surface area contributed by atoms with Crippen LogP contribution >= 0.6 is 20.4 Å². The van der Waals surface area contributed by atoms with Gasteiger partial charge in [0.25, 0.3) is 0 Å². The molecule has 4 aromatic carbocycles. The summed E-state index contributed by atoms with van der Waals surface area (Å²) in [5.74, 6) is 0. The maximum atomic E-state index is 4.70. The van der Waals surface area contributed by atoms with Gasteiger partial charge < -0.3 is 0 Å². The molecule has 4 rings (SSSR count). The fraction of sp³-hybridized carbons (Fsp3) is 0. The van der Waals surface area contributed by atoms with Gasteiger partial charge in [-0.3, -0.25) is 9.98 Å². The molecule has 0 aliphatic carbocycles. The summed E-state index contributed by atoms with van der Waals surface area (Å²) in [6.45, 7) is 0. The Kier molecular flexibility index (Phi) is 7.41. The Morgan fingerprint density at radius 1 is 0.556 bits per heavy atom. The average molecular weight is 438 g/mol.